The molecule has 62 valence electrons. The summed E-state index contributed by atoms with van der Waals surface area (Å²) in [4.78, 5) is 0. The minimum Gasteiger partial charge on any atom is -0.206 e. The molecule has 0 bridgehead atoms. The summed E-state index contributed by atoms with van der Waals surface area (Å²) in [5.74, 6) is -0.297. The number of aromatic nitrogens is 1. The van der Waals surface area contributed by atoms with Crippen LogP contribution < -0.4 is 0 Å². The molecule has 0 atom stereocenters. The van der Waals surface area contributed by atoms with Gasteiger partial charge in [0, 0.05) is 0 Å². The van der Waals surface area contributed by atoms with Gasteiger partial charge in [-0.2, -0.15) is 4.37 Å². The molecular weight excluding hydrogens is 197 g/mol. The normalized spacial score (nSPS) is 10.9. The van der Waals surface area contributed by atoms with Crippen molar-refractivity contribution in [2.75, 3.05) is 0 Å². The van der Waals surface area contributed by atoms with Crippen LogP contribution in [-0.4, -0.2) is 4.37 Å². The highest BCUT2D eigenvalue weighted by Crippen LogP contribution is 2.30. The number of halogens is 2. The monoisotopic (exact) mass is 201 g/mol. The van der Waals surface area contributed by atoms with Crippen molar-refractivity contribution < 1.29 is 4.39 Å². The molecule has 0 spiro atoms. The van der Waals surface area contributed by atoms with E-state index in [-0.39, 0.29) is 11.0 Å². The number of hydrogen-bond acceptors (Lipinski definition) is 2. The number of rotatable bonds is 0. The van der Waals surface area contributed by atoms with Crippen molar-refractivity contribution in [2.45, 2.75) is 6.92 Å². The van der Waals surface area contributed by atoms with Crippen molar-refractivity contribution in [2.24, 2.45) is 0 Å². The summed E-state index contributed by atoms with van der Waals surface area (Å²) in [6.45, 7) is 1.91. The maximum atomic E-state index is 13.1. The van der Waals surface area contributed by atoms with Gasteiger partial charge in [0.25, 0.3) is 0 Å². The van der Waals surface area contributed by atoms with E-state index < -0.39 is 0 Å². The molecule has 4 heteroatoms. The van der Waals surface area contributed by atoms with Crippen LogP contribution in [-0.2, 0) is 0 Å². The summed E-state index contributed by atoms with van der Waals surface area (Å²) in [6.07, 6.45) is 0. The minimum atomic E-state index is -0.297. The van der Waals surface area contributed by atoms with Gasteiger partial charge in [-0.15, -0.1) is 0 Å². The third kappa shape index (κ3) is 1.01. The Balaban J connectivity index is 2.98. The third-order valence-corrected chi connectivity index (χ3v) is 3.08. The van der Waals surface area contributed by atoms with Crippen LogP contribution in [0.2, 0.25) is 5.15 Å². The van der Waals surface area contributed by atoms with Gasteiger partial charge in [0.15, 0.2) is 5.15 Å². The fourth-order valence-electron chi connectivity index (χ4n) is 1.10. The van der Waals surface area contributed by atoms with Gasteiger partial charge in [0.2, 0.25) is 0 Å². The van der Waals surface area contributed by atoms with Crippen molar-refractivity contribution >= 4 is 33.2 Å². The Hall–Kier alpha value is -0.670. The van der Waals surface area contributed by atoms with Crippen molar-refractivity contribution in [3.05, 3.63) is 28.7 Å². The quantitative estimate of drug-likeness (QED) is 0.637. The molecule has 0 N–H and O–H groups in total. The van der Waals surface area contributed by atoms with E-state index in [4.69, 9.17) is 11.6 Å². The summed E-state index contributed by atoms with van der Waals surface area (Å²) < 4.78 is 17.9. The van der Waals surface area contributed by atoms with E-state index in [9.17, 15) is 4.39 Å². The first kappa shape index (κ1) is 7.95. The smallest absolute Gasteiger partial charge is 0.153 e. The standard InChI is InChI=1S/C8H5ClFNS/c1-4-2-3-5(10)6-7(4)12-11-8(6)9/h2-3H,1H3. The lowest BCUT2D eigenvalue weighted by molar-refractivity contribution is 0.640. The summed E-state index contributed by atoms with van der Waals surface area (Å²) in [7, 11) is 0. The molecular formula is C8H5ClFNS. The molecule has 0 aliphatic heterocycles. The van der Waals surface area contributed by atoms with Gasteiger partial charge >= 0.3 is 0 Å². The molecule has 0 aliphatic rings. The molecule has 0 unspecified atom stereocenters. The van der Waals surface area contributed by atoms with Crippen molar-refractivity contribution in [1.29, 1.82) is 0 Å². The third-order valence-electron chi connectivity index (χ3n) is 1.73. The molecule has 0 aliphatic carbocycles. The molecule has 0 fully saturated rings. The molecule has 1 aromatic heterocycles. The number of fused-ring (bicyclic) bond motifs is 1. The summed E-state index contributed by atoms with van der Waals surface area (Å²) >= 11 is 6.94. The Morgan fingerprint density at radius 2 is 2.25 bits per heavy atom. The molecule has 2 aromatic rings. The average Bonchev–Trinajstić information content (AvgIpc) is 2.42. The lowest BCUT2D eigenvalue weighted by Crippen LogP contribution is -1.78. The van der Waals surface area contributed by atoms with E-state index in [1.807, 2.05) is 6.92 Å². The second-order valence-corrected chi connectivity index (χ2v) is 3.67. The van der Waals surface area contributed by atoms with Gasteiger partial charge in [-0.25, -0.2) is 4.39 Å². The predicted octanol–water partition coefficient (Wildman–Crippen LogP) is 3.40. The Kier molecular flexibility index (Phi) is 1.77. The molecule has 1 heterocycles. The van der Waals surface area contributed by atoms with Crippen molar-refractivity contribution in [1.82, 2.24) is 4.37 Å². The van der Waals surface area contributed by atoms with Crippen LogP contribution in [0.1, 0.15) is 5.56 Å². The van der Waals surface area contributed by atoms with Gasteiger partial charge in [0.1, 0.15) is 5.82 Å². The van der Waals surface area contributed by atoms with Gasteiger partial charge in [-0.05, 0) is 30.1 Å². The van der Waals surface area contributed by atoms with Crippen molar-refractivity contribution in [3.63, 3.8) is 0 Å². The molecule has 0 amide bonds. The zero-order valence-electron chi connectivity index (χ0n) is 6.27. The number of aryl methyl sites for hydroxylation is 1. The molecule has 0 radical (unpaired) electrons. The average molecular weight is 202 g/mol. The zero-order valence-corrected chi connectivity index (χ0v) is 7.84. The molecule has 2 rings (SSSR count). The van der Waals surface area contributed by atoms with E-state index in [0.717, 1.165) is 10.3 Å². The maximum absolute atomic E-state index is 13.1. The van der Waals surface area contributed by atoms with Gasteiger partial charge in [-0.3, -0.25) is 0 Å². The highest BCUT2D eigenvalue weighted by atomic mass is 35.5. The van der Waals surface area contributed by atoms with Gasteiger partial charge in [-0.1, -0.05) is 17.7 Å². The molecule has 12 heavy (non-hydrogen) atoms. The number of nitrogens with zero attached hydrogens (tertiary/aromatic N) is 1. The zero-order chi connectivity index (χ0) is 8.72. The summed E-state index contributed by atoms with van der Waals surface area (Å²) in [5, 5.41) is 0.706. The maximum Gasteiger partial charge on any atom is 0.153 e. The Bertz CT molecular complexity index is 438. The van der Waals surface area contributed by atoms with Crippen LogP contribution in [0.4, 0.5) is 4.39 Å². The van der Waals surface area contributed by atoms with Gasteiger partial charge < -0.3 is 0 Å². The molecule has 0 saturated carbocycles. The first-order chi connectivity index (χ1) is 5.70. The Morgan fingerprint density at radius 3 is 2.92 bits per heavy atom. The number of benzene rings is 1. The van der Waals surface area contributed by atoms with Crippen molar-refractivity contribution in [3.8, 4) is 0 Å². The SMILES string of the molecule is Cc1ccc(F)c2c(Cl)nsc12. The molecule has 1 nitrogen and oxygen atoms in total. The first-order valence-electron chi connectivity index (χ1n) is 3.40. The van der Waals surface area contributed by atoms with Crippen LogP contribution in [0.15, 0.2) is 12.1 Å². The Labute approximate surface area is 77.9 Å². The van der Waals surface area contributed by atoms with E-state index in [1.54, 1.807) is 6.07 Å². The van der Waals surface area contributed by atoms with Crippen LogP contribution in [0.25, 0.3) is 10.1 Å². The van der Waals surface area contributed by atoms with E-state index >= 15 is 0 Å². The van der Waals surface area contributed by atoms with Gasteiger partial charge in [0.05, 0.1) is 10.1 Å². The second kappa shape index (κ2) is 2.68. The first-order valence-corrected chi connectivity index (χ1v) is 4.55. The lowest BCUT2D eigenvalue weighted by atomic mass is 10.2. The molecule has 1 aromatic carbocycles. The topological polar surface area (TPSA) is 12.9 Å². The van der Waals surface area contributed by atoms with Crippen LogP contribution >= 0.6 is 23.1 Å². The summed E-state index contributed by atoms with van der Waals surface area (Å²) in [6, 6.07) is 3.14. The predicted molar refractivity (Wildman–Crippen MR) is 49.3 cm³/mol. The number of hydrogen-bond donors (Lipinski definition) is 0. The van der Waals surface area contributed by atoms with Crippen LogP contribution in [0, 0.1) is 12.7 Å². The molecule has 0 saturated heterocycles. The van der Waals surface area contributed by atoms with E-state index in [2.05, 4.69) is 4.37 Å². The lowest BCUT2D eigenvalue weighted by Gasteiger charge is -1.94. The second-order valence-electron chi connectivity index (χ2n) is 2.54. The van der Waals surface area contributed by atoms with E-state index in [1.165, 1.54) is 17.6 Å². The van der Waals surface area contributed by atoms with Crippen LogP contribution in [0.3, 0.4) is 0 Å². The fraction of sp³-hybridized carbons (Fsp3) is 0.125. The summed E-state index contributed by atoms with van der Waals surface area (Å²) in [5.41, 5.74) is 1.01. The van der Waals surface area contributed by atoms with Crippen LogP contribution in [0.5, 0.6) is 0 Å². The fourth-order valence-corrected chi connectivity index (χ4v) is 2.21. The van der Waals surface area contributed by atoms with E-state index in [0.29, 0.717) is 5.39 Å². The highest BCUT2D eigenvalue weighted by molar-refractivity contribution is 7.14. The Morgan fingerprint density at radius 1 is 1.50 bits per heavy atom. The minimum absolute atomic E-state index is 0.260. The largest absolute Gasteiger partial charge is 0.206 e. The highest BCUT2D eigenvalue weighted by Gasteiger charge is 2.10.